The Morgan fingerprint density at radius 2 is 1.95 bits per heavy atom. The molecule has 7 heteroatoms. The second-order valence-electron chi connectivity index (χ2n) is 5.44. The van der Waals surface area contributed by atoms with Gasteiger partial charge in [0, 0.05) is 13.1 Å². The van der Waals surface area contributed by atoms with Crippen LogP contribution >= 0.6 is 11.6 Å². The van der Waals surface area contributed by atoms with E-state index in [0.717, 1.165) is 19.6 Å². The summed E-state index contributed by atoms with van der Waals surface area (Å²) in [6, 6.07) is 2.94. The number of piperidine rings is 1. The Morgan fingerprint density at radius 1 is 1.29 bits per heavy atom. The van der Waals surface area contributed by atoms with Gasteiger partial charge >= 0.3 is 0 Å². The number of nitrogen functional groups attached to an aromatic ring is 1. The minimum Gasteiger partial charge on any atom is -0.397 e. The standard InChI is InChI=1S/C14H22ClN3O2S/c1-11-9-12(10-13(16)14(11)15)21(19,20)17-5-8-18-6-3-2-4-7-18/h9-10,17H,2-8,16H2,1H3. The fraction of sp³-hybridized carbons (Fsp3) is 0.571. The monoisotopic (exact) mass is 331 g/mol. The Labute approximate surface area is 131 Å². The van der Waals surface area contributed by atoms with Gasteiger partial charge in [-0.2, -0.15) is 0 Å². The average Bonchev–Trinajstić information content (AvgIpc) is 2.45. The van der Waals surface area contributed by atoms with E-state index in [1.807, 2.05) is 0 Å². The normalized spacial score (nSPS) is 17.0. The van der Waals surface area contributed by atoms with Gasteiger partial charge < -0.3 is 10.6 Å². The molecule has 0 aliphatic carbocycles. The maximum Gasteiger partial charge on any atom is 0.240 e. The lowest BCUT2D eigenvalue weighted by Gasteiger charge is -2.26. The Kier molecular flexibility index (Phi) is 5.48. The number of hydrogen-bond donors (Lipinski definition) is 2. The number of hydrogen-bond acceptors (Lipinski definition) is 4. The van der Waals surface area contributed by atoms with Crippen LogP contribution in [0.3, 0.4) is 0 Å². The molecule has 0 atom stereocenters. The van der Waals surface area contributed by atoms with Crippen molar-refractivity contribution in [1.29, 1.82) is 0 Å². The van der Waals surface area contributed by atoms with E-state index < -0.39 is 10.0 Å². The molecule has 1 fully saturated rings. The molecule has 3 N–H and O–H groups in total. The highest BCUT2D eigenvalue weighted by Gasteiger charge is 2.17. The number of rotatable bonds is 5. The molecule has 1 saturated heterocycles. The third kappa shape index (κ3) is 4.32. The number of likely N-dealkylation sites (tertiary alicyclic amines) is 1. The smallest absolute Gasteiger partial charge is 0.240 e. The Balaban J connectivity index is 1.98. The summed E-state index contributed by atoms with van der Waals surface area (Å²) in [6.45, 7) is 4.99. The van der Waals surface area contributed by atoms with E-state index in [9.17, 15) is 8.42 Å². The van der Waals surface area contributed by atoms with Gasteiger partial charge in [0.05, 0.1) is 15.6 Å². The van der Waals surface area contributed by atoms with Crippen LogP contribution in [-0.4, -0.2) is 39.5 Å². The first-order chi connectivity index (χ1) is 9.90. The number of nitrogens with zero attached hydrogens (tertiary/aromatic N) is 1. The number of aryl methyl sites for hydroxylation is 1. The highest BCUT2D eigenvalue weighted by Crippen LogP contribution is 2.26. The fourth-order valence-corrected chi connectivity index (χ4v) is 3.77. The van der Waals surface area contributed by atoms with E-state index >= 15 is 0 Å². The van der Waals surface area contributed by atoms with E-state index in [0.29, 0.717) is 17.1 Å². The van der Waals surface area contributed by atoms with Crippen molar-refractivity contribution in [3.05, 3.63) is 22.7 Å². The number of sulfonamides is 1. The molecule has 0 saturated carbocycles. The van der Waals surface area contributed by atoms with Crippen LogP contribution in [0, 0.1) is 6.92 Å². The van der Waals surface area contributed by atoms with Gasteiger partial charge in [0.25, 0.3) is 0 Å². The number of benzene rings is 1. The SMILES string of the molecule is Cc1cc(S(=O)(=O)NCCN2CCCCC2)cc(N)c1Cl. The minimum absolute atomic E-state index is 0.167. The topological polar surface area (TPSA) is 75.4 Å². The molecule has 1 heterocycles. The van der Waals surface area contributed by atoms with Crippen molar-refractivity contribution in [1.82, 2.24) is 9.62 Å². The van der Waals surface area contributed by atoms with Crippen LogP contribution in [0.15, 0.2) is 17.0 Å². The second kappa shape index (κ2) is 6.96. The van der Waals surface area contributed by atoms with Crippen molar-refractivity contribution in [3.63, 3.8) is 0 Å². The highest BCUT2D eigenvalue weighted by molar-refractivity contribution is 7.89. The average molecular weight is 332 g/mol. The van der Waals surface area contributed by atoms with Crippen LogP contribution in [0.2, 0.25) is 5.02 Å². The molecular formula is C14H22ClN3O2S. The van der Waals surface area contributed by atoms with Crippen LogP contribution in [0.25, 0.3) is 0 Å². The minimum atomic E-state index is -3.54. The maximum atomic E-state index is 12.3. The zero-order chi connectivity index (χ0) is 15.5. The van der Waals surface area contributed by atoms with Crippen molar-refractivity contribution in [2.75, 3.05) is 31.9 Å². The summed E-state index contributed by atoms with van der Waals surface area (Å²) >= 11 is 5.96. The molecule has 1 aliphatic rings. The van der Waals surface area contributed by atoms with Gasteiger partial charge in [0.2, 0.25) is 10.0 Å². The van der Waals surface area contributed by atoms with E-state index in [1.165, 1.54) is 25.3 Å². The first-order valence-corrected chi connectivity index (χ1v) is 9.04. The lowest BCUT2D eigenvalue weighted by molar-refractivity contribution is 0.233. The Hall–Kier alpha value is -0.820. The number of nitrogens with two attached hydrogens (primary N) is 1. The first kappa shape index (κ1) is 16.5. The lowest BCUT2D eigenvalue weighted by atomic mass is 10.1. The molecule has 5 nitrogen and oxygen atoms in total. The van der Waals surface area contributed by atoms with Crippen molar-refractivity contribution >= 4 is 27.3 Å². The summed E-state index contributed by atoms with van der Waals surface area (Å²) in [5, 5.41) is 0.405. The number of nitrogens with one attached hydrogen (secondary N) is 1. The molecule has 0 bridgehead atoms. The van der Waals surface area contributed by atoms with Gasteiger partial charge in [-0.15, -0.1) is 0 Å². The fourth-order valence-electron chi connectivity index (χ4n) is 2.52. The summed E-state index contributed by atoms with van der Waals surface area (Å²) in [4.78, 5) is 2.45. The molecule has 0 spiro atoms. The van der Waals surface area contributed by atoms with Crippen molar-refractivity contribution in [3.8, 4) is 0 Å². The van der Waals surface area contributed by atoms with Crippen LogP contribution < -0.4 is 10.5 Å². The molecule has 0 amide bonds. The summed E-state index contributed by atoms with van der Waals surface area (Å²) in [5.74, 6) is 0. The first-order valence-electron chi connectivity index (χ1n) is 7.18. The molecule has 0 unspecified atom stereocenters. The number of anilines is 1. The second-order valence-corrected chi connectivity index (χ2v) is 7.59. The zero-order valence-electron chi connectivity index (χ0n) is 12.2. The predicted octanol–water partition coefficient (Wildman–Crippen LogP) is 1.99. The van der Waals surface area contributed by atoms with E-state index in [2.05, 4.69) is 9.62 Å². The highest BCUT2D eigenvalue weighted by atomic mass is 35.5. The van der Waals surface area contributed by atoms with Crippen LogP contribution in [-0.2, 0) is 10.0 Å². The molecule has 1 aromatic rings. The quantitative estimate of drug-likeness (QED) is 0.809. The third-order valence-electron chi connectivity index (χ3n) is 3.74. The summed E-state index contributed by atoms with van der Waals surface area (Å²) < 4.78 is 27.2. The summed E-state index contributed by atoms with van der Waals surface area (Å²) in [5.41, 5.74) is 6.68. The Bertz CT molecular complexity index is 575. The van der Waals surface area contributed by atoms with Crippen LogP contribution in [0.4, 0.5) is 5.69 Å². The van der Waals surface area contributed by atoms with Gasteiger partial charge in [0.1, 0.15) is 0 Å². The molecular weight excluding hydrogens is 310 g/mol. The van der Waals surface area contributed by atoms with Gasteiger partial charge in [-0.1, -0.05) is 18.0 Å². The summed E-state index contributed by atoms with van der Waals surface area (Å²) in [6.07, 6.45) is 3.66. The number of halogens is 1. The van der Waals surface area contributed by atoms with Gasteiger partial charge in [-0.25, -0.2) is 13.1 Å². The molecule has 0 radical (unpaired) electrons. The van der Waals surface area contributed by atoms with Gasteiger partial charge in [0.15, 0.2) is 0 Å². The van der Waals surface area contributed by atoms with Crippen molar-refractivity contribution in [2.24, 2.45) is 0 Å². The van der Waals surface area contributed by atoms with Gasteiger partial charge in [-0.3, -0.25) is 0 Å². The third-order valence-corrected chi connectivity index (χ3v) is 5.69. The lowest BCUT2D eigenvalue weighted by Crippen LogP contribution is -2.37. The van der Waals surface area contributed by atoms with Crippen LogP contribution in [0.5, 0.6) is 0 Å². The molecule has 1 aliphatic heterocycles. The van der Waals surface area contributed by atoms with Crippen molar-refractivity contribution in [2.45, 2.75) is 31.1 Å². The predicted molar refractivity (Wildman–Crippen MR) is 86.1 cm³/mol. The van der Waals surface area contributed by atoms with Gasteiger partial charge in [-0.05, 0) is 50.6 Å². The molecule has 2 rings (SSSR count). The van der Waals surface area contributed by atoms with Crippen LogP contribution in [0.1, 0.15) is 24.8 Å². The molecule has 118 valence electrons. The van der Waals surface area contributed by atoms with E-state index in [4.69, 9.17) is 17.3 Å². The molecule has 1 aromatic carbocycles. The summed E-state index contributed by atoms with van der Waals surface area (Å²) in [7, 11) is -3.54. The van der Waals surface area contributed by atoms with E-state index in [1.54, 1.807) is 13.0 Å². The van der Waals surface area contributed by atoms with E-state index in [-0.39, 0.29) is 10.6 Å². The largest absolute Gasteiger partial charge is 0.397 e. The molecule has 0 aromatic heterocycles. The zero-order valence-corrected chi connectivity index (χ0v) is 13.8. The maximum absolute atomic E-state index is 12.3. The Morgan fingerprint density at radius 3 is 2.57 bits per heavy atom. The van der Waals surface area contributed by atoms with Crippen molar-refractivity contribution < 1.29 is 8.42 Å². The molecule has 21 heavy (non-hydrogen) atoms.